The van der Waals surface area contributed by atoms with Crippen molar-refractivity contribution >= 4 is 52.0 Å². The third-order valence-corrected chi connectivity index (χ3v) is 13.3. The lowest BCUT2D eigenvalue weighted by Crippen LogP contribution is -2.52. The molecule has 2 N–H and O–H groups in total. The lowest BCUT2D eigenvalue weighted by atomic mass is 9.88. The predicted molar refractivity (Wildman–Crippen MR) is 223 cm³/mol. The number of pyridine rings is 2. The second-order valence-electron chi connectivity index (χ2n) is 16.9. The molecule has 1 saturated carbocycles. The summed E-state index contributed by atoms with van der Waals surface area (Å²) in [6.07, 6.45) is 10.2. The van der Waals surface area contributed by atoms with E-state index >= 15 is 0 Å². The maximum absolute atomic E-state index is 13.6. The fourth-order valence-electron chi connectivity index (χ4n) is 9.92. The Balaban J connectivity index is 0.746. The summed E-state index contributed by atoms with van der Waals surface area (Å²) in [6, 6.07) is 9.62. The van der Waals surface area contributed by atoms with Crippen molar-refractivity contribution in [2.45, 2.75) is 89.8 Å². The van der Waals surface area contributed by atoms with Gasteiger partial charge in [0.1, 0.15) is 17.5 Å². The summed E-state index contributed by atoms with van der Waals surface area (Å²) >= 11 is 0. The van der Waals surface area contributed by atoms with E-state index in [1.165, 1.54) is 12.5 Å². The molecule has 5 aliphatic rings. The number of piperidine rings is 2. The highest BCUT2D eigenvalue weighted by Crippen LogP contribution is 2.35. The van der Waals surface area contributed by atoms with Gasteiger partial charge in [0.15, 0.2) is 5.78 Å². The number of carbonyl (C=O) groups is 4. The summed E-state index contributed by atoms with van der Waals surface area (Å²) in [4.78, 5) is 86.4. The number of nitrogens with zero attached hydrogens (tertiary/aromatic N) is 8. The number of aromatic nitrogens is 4. The number of carbonyl (C=O) groups excluding carboxylic acids is 4. The Bertz CT molecular complexity index is 2360. The normalized spacial score (nSPS) is 21.1. The minimum absolute atomic E-state index is 0.0179. The van der Waals surface area contributed by atoms with Gasteiger partial charge in [-0.1, -0.05) is 25.0 Å². The van der Waals surface area contributed by atoms with Crippen molar-refractivity contribution in [1.29, 1.82) is 0 Å². The van der Waals surface area contributed by atoms with Crippen molar-refractivity contribution in [1.82, 2.24) is 39.5 Å². The Morgan fingerprint density at radius 2 is 1.61 bits per heavy atom. The highest BCUT2D eigenvalue weighted by Gasteiger charge is 2.39. The fourth-order valence-corrected chi connectivity index (χ4v) is 9.92. The van der Waals surface area contributed by atoms with Crippen LogP contribution in [-0.4, -0.2) is 116 Å². The van der Waals surface area contributed by atoms with Crippen LogP contribution in [0.1, 0.15) is 108 Å². The molecule has 4 fully saturated rings. The van der Waals surface area contributed by atoms with E-state index in [9.17, 15) is 24.0 Å². The molecule has 3 saturated heterocycles. The summed E-state index contributed by atoms with van der Waals surface area (Å²) in [5, 5.41) is 6.33. The van der Waals surface area contributed by atoms with Crippen molar-refractivity contribution in [2.75, 3.05) is 62.6 Å². The maximum Gasteiger partial charge on any atom is 0.263 e. The van der Waals surface area contributed by atoms with Crippen molar-refractivity contribution in [3.05, 3.63) is 80.9 Å². The SMILES string of the molecule is CC(=O)c1c(C)c2cnc(Nc3ccc(N4CCN(CCN5CCC(c6ccc7c(c6)CN(C6CCC(=O)NC6=O)C7=O)CC5)CC4)cn3)nc2n(C2CCCC2)c1=O. The number of Topliss-reactive ketones (excluding diaryl/α,β-unsaturated/α-hetero) is 1. The second-order valence-corrected chi connectivity index (χ2v) is 16.9. The zero-order chi connectivity index (χ0) is 40.8. The molecule has 15 nitrogen and oxygen atoms in total. The number of hydrogen-bond acceptors (Lipinski definition) is 12. The number of amides is 3. The molecule has 4 aliphatic heterocycles. The predicted octanol–water partition coefficient (Wildman–Crippen LogP) is 4.32. The van der Waals surface area contributed by atoms with Crippen molar-refractivity contribution < 1.29 is 19.2 Å². The maximum atomic E-state index is 13.6. The molecule has 1 atom stereocenters. The van der Waals surface area contributed by atoms with Crippen LogP contribution in [0.3, 0.4) is 0 Å². The Hall–Kier alpha value is -5.54. The van der Waals surface area contributed by atoms with Crippen LogP contribution in [0.25, 0.3) is 11.0 Å². The summed E-state index contributed by atoms with van der Waals surface area (Å²) in [6.45, 7) is 11.6. The quantitative estimate of drug-likeness (QED) is 0.173. The lowest BCUT2D eigenvalue weighted by Gasteiger charge is -2.38. The molecule has 3 amide bonds. The number of anilines is 3. The van der Waals surface area contributed by atoms with Gasteiger partial charge in [-0.05, 0) is 99.8 Å². The highest BCUT2D eigenvalue weighted by atomic mass is 16.2. The number of imide groups is 1. The van der Waals surface area contributed by atoms with E-state index in [1.807, 2.05) is 18.3 Å². The Kier molecular flexibility index (Phi) is 10.7. The summed E-state index contributed by atoms with van der Waals surface area (Å²) in [5.74, 6) is 0.415. The van der Waals surface area contributed by atoms with Crippen molar-refractivity contribution in [3.63, 3.8) is 0 Å². The van der Waals surface area contributed by atoms with Gasteiger partial charge in [-0.2, -0.15) is 4.98 Å². The first-order chi connectivity index (χ1) is 28.6. The molecule has 3 aromatic heterocycles. The van der Waals surface area contributed by atoms with Crippen LogP contribution in [0.4, 0.5) is 17.5 Å². The van der Waals surface area contributed by atoms with Crippen LogP contribution >= 0.6 is 0 Å². The van der Waals surface area contributed by atoms with E-state index in [4.69, 9.17) is 4.98 Å². The zero-order valence-corrected chi connectivity index (χ0v) is 33.9. The summed E-state index contributed by atoms with van der Waals surface area (Å²) in [7, 11) is 0. The van der Waals surface area contributed by atoms with Gasteiger partial charge in [0.05, 0.1) is 17.4 Å². The number of piperazine rings is 1. The van der Waals surface area contributed by atoms with Crippen LogP contribution < -0.4 is 21.1 Å². The number of aryl methyl sites for hydroxylation is 1. The van der Waals surface area contributed by atoms with Gasteiger partial charge in [-0.3, -0.25) is 38.8 Å². The molecular weight excluding hydrogens is 749 g/mol. The van der Waals surface area contributed by atoms with Gasteiger partial charge in [0.2, 0.25) is 17.8 Å². The number of nitrogens with one attached hydrogen (secondary N) is 2. The Morgan fingerprint density at radius 1 is 0.864 bits per heavy atom. The number of ketones is 1. The molecule has 15 heteroatoms. The van der Waals surface area contributed by atoms with E-state index in [-0.39, 0.29) is 47.1 Å². The van der Waals surface area contributed by atoms with Crippen LogP contribution in [-0.2, 0) is 16.1 Å². The molecule has 4 aromatic rings. The van der Waals surface area contributed by atoms with E-state index < -0.39 is 6.04 Å². The van der Waals surface area contributed by atoms with Crippen LogP contribution in [0.5, 0.6) is 0 Å². The molecule has 1 aliphatic carbocycles. The van der Waals surface area contributed by atoms with Crippen LogP contribution in [0.2, 0.25) is 0 Å². The smallest absolute Gasteiger partial charge is 0.263 e. The van der Waals surface area contributed by atoms with Gasteiger partial charge in [-0.15, -0.1) is 0 Å². The van der Waals surface area contributed by atoms with Crippen LogP contribution in [0.15, 0.2) is 47.5 Å². The molecule has 308 valence electrons. The minimum atomic E-state index is -0.589. The number of hydrogen-bond donors (Lipinski definition) is 2. The standard InChI is InChI=1S/C44H52N10O5/c1-27-35-25-46-44(49-40(35)54(32-5-3-4-6-32)43(59)39(27)28(2)55)47-37-11-8-33(24-45-37)52-21-19-51(20-22-52)18-17-50-15-13-29(14-16-50)30-7-9-34-31(23-30)26-53(42(34)58)36-10-12-38(56)48-41(36)57/h7-9,11,23-25,29,32,36H,3-6,10,12-22,26H2,1-2H3,(H,48,56,57)(H,45,46,47,49). The first-order valence-electron chi connectivity index (χ1n) is 21.2. The number of fused-ring (bicyclic) bond motifs is 2. The number of rotatable bonds is 10. The molecule has 7 heterocycles. The third-order valence-electron chi connectivity index (χ3n) is 13.3. The highest BCUT2D eigenvalue weighted by molar-refractivity contribution is 6.05. The molecule has 0 radical (unpaired) electrons. The molecular formula is C44H52N10O5. The van der Waals surface area contributed by atoms with Crippen molar-refractivity contribution in [3.8, 4) is 0 Å². The summed E-state index contributed by atoms with van der Waals surface area (Å²) < 4.78 is 1.72. The van der Waals surface area contributed by atoms with Gasteiger partial charge >= 0.3 is 0 Å². The van der Waals surface area contributed by atoms with E-state index in [0.29, 0.717) is 52.8 Å². The minimum Gasteiger partial charge on any atom is -0.368 e. The first kappa shape index (κ1) is 38.9. The van der Waals surface area contributed by atoms with E-state index in [0.717, 1.165) is 102 Å². The van der Waals surface area contributed by atoms with Gasteiger partial charge in [0, 0.05) is 75.4 Å². The average molecular weight is 801 g/mol. The Morgan fingerprint density at radius 3 is 2.31 bits per heavy atom. The van der Waals surface area contributed by atoms with Gasteiger partial charge in [0.25, 0.3) is 11.5 Å². The topological polar surface area (TPSA) is 166 Å². The lowest BCUT2D eigenvalue weighted by molar-refractivity contribution is -0.136. The van der Waals surface area contributed by atoms with Gasteiger partial charge < -0.3 is 20.0 Å². The monoisotopic (exact) mass is 800 g/mol. The number of likely N-dealkylation sites (tertiary alicyclic amines) is 1. The van der Waals surface area contributed by atoms with Crippen molar-refractivity contribution in [2.24, 2.45) is 0 Å². The van der Waals surface area contributed by atoms with Gasteiger partial charge in [-0.25, -0.2) is 9.97 Å². The average Bonchev–Trinajstić information content (AvgIpc) is 3.88. The van der Waals surface area contributed by atoms with E-state index in [2.05, 4.69) is 53.5 Å². The zero-order valence-electron chi connectivity index (χ0n) is 33.9. The van der Waals surface area contributed by atoms with Crippen LogP contribution in [0, 0.1) is 6.92 Å². The molecule has 1 aromatic carbocycles. The molecule has 9 rings (SSSR count). The molecule has 1 unspecified atom stereocenters. The second kappa shape index (κ2) is 16.3. The number of benzene rings is 1. The summed E-state index contributed by atoms with van der Waals surface area (Å²) in [5.41, 5.74) is 5.12. The first-order valence-corrected chi connectivity index (χ1v) is 21.2. The molecule has 0 spiro atoms. The molecule has 59 heavy (non-hydrogen) atoms. The largest absolute Gasteiger partial charge is 0.368 e. The Labute approximate surface area is 343 Å². The fraction of sp³-hybridized carbons (Fsp3) is 0.500. The molecule has 0 bridgehead atoms. The third kappa shape index (κ3) is 7.73. The van der Waals surface area contributed by atoms with E-state index in [1.54, 1.807) is 22.6 Å².